The lowest BCUT2D eigenvalue weighted by Gasteiger charge is -2.19. The second-order valence-corrected chi connectivity index (χ2v) is 7.49. The molecule has 1 aliphatic carbocycles. The molecule has 1 fully saturated rings. The van der Waals surface area contributed by atoms with Gasteiger partial charge in [0.2, 0.25) is 0 Å². The fourth-order valence-electron chi connectivity index (χ4n) is 3.22. The number of fused-ring (bicyclic) bond motifs is 1. The predicted octanol–water partition coefficient (Wildman–Crippen LogP) is 2.65. The third-order valence-electron chi connectivity index (χ3n) is 4.55. The van der Waals surface area contributed by atoms with Crippen LogP contribution in [0.1, 0.15) is 39.9 Å². The number of rotatable bonds is 1. The van der Waals surface area contributed by atoms with Crippen LogP contribution in [0.4, 0.5) is 0 Å². The van der Waals surface area contributed by atoms with Crippen molar-refractivity contribution in [2.75, 3.05) is 33.2 Å². The average Bonchev–Trinajstić information content (AvgIpc) is 2.72. The zero-order valence-corrected chi connectivity index (χ0v) is 13.3. The molecule has 4 heteroatoms. The molecule has 0 radical (unpaired) electrons. The van der Waals surface area contributed by atoms with Crippen molar-refractivity contribution in [2.45, 2.75) is 32.6 Å². The number of hydrogen-bond donors (Lipinski definition) is 0. The number of amides is 1. The van der Waals surface area contributed by atoms with Crippen LogP contribution in [-0.4, -0.2) is 48.9 Å². The molecule has 3 nitrogen and oxygen atoms in total. The van der Waals surface area contributed by atoms with Crippen LogP contribution in [-0.2, 0) is 12.8 Å². The van der Waals surface area contributed by atoms with Gasteiger partial charge >= 0.3 is 0 Å². The molecule has 0 bridgehead atoms. The van der Waals surface area contributed by atoms with E-state index in [0.29, 0.717) is 0 Å². The van der Waals surface area contributed by atoms with Crippen molar-refractivity contribution in [3.05, 3.63) is 21.4 Å². The Labute approximate surface area is 125 Å². The van der Waals surface area contributed by atoms with Gasteiger partial charge in [-0.2, -0.15) is 0 Å². The van der Waals surface area contributed by atoms with E-state index in [1.54, 1.807) is 11.3 Å². The van der Waals surface area contributed by atoms with E-state index in [2.05, 4.69) is 24.9 Å². The van der Waals surface area contributed by atoms with E-state index in [1.165, 1.54) is 16.9 Å². The third-order valence-corrected chi connectivity index (χ3v) is 5.77. The molecule has 0 N–H and O–H groups in total. The van der Waals surface area contributed by atoms with Gasteiger partial charge in [-0.1, -0.05) is 6.92 Å². The van der Waals surface area contributed by atoms with Crippen LogP contribution in [0.15, 0.2) is 6.07 Å². The molecule has 1 aromatic rings. The van der Waals surface area contributed by atoms with Gasteiger partial charge in [-0.15, -0.1) is 11.3 Å². The maximum Gasteiger partial charge on any atom is 0.263 e. The standard InChI is InChI=1S/C16H24N2OS/c1-12-4-5-14-13(10-12)11-15(20-14)16(19)18-7-3-6-17(2)8-9-18/h11-12H,3-10H2,1-2H3. The smallest absolute Gasteiger partial charge is 0.263 e. The van der Waals surface area contributed by atoms with Gasteiger partial charge in [0.25, 0.3) is 5.91 Å². The van der Waals surface area contributed by atoms with Gasteiger partial charge in [0.05, 0.1) is 4.88 Å². The molecule has 2 aliphatic rings. The molecule has 1 aromatic heterocycles. The third kappa shape index (κ3) is 2.91. The number of carbonyl (C=O) groups excluding carboxylic acids is 1. The first-order chi connectivity index (χ1) is 9.63. The molecule has 1 atom stereocenters. The quantitative estimate of drug-likeness (QED) is 0.794. The summed E-state index contributed by atoms with van der Waals surface area (Å²) < 4.78 is 0. The van der Waals surface area contributed by atoms with Gasteiger partial charge in [0.1, 0.15) is 0 Å². The molecule has 20 heavy (non-hydrogen) atoms. The molecule has 1 amide bonds. The highest BCUT2D eigenvalue weighted by Crippen LogP contribution is 2.32. The Hall–Kier alpha value is -0.870. The van der Waals surface area contributed by atoms with Gasteiger partial charge in [-0.25, -0.2) is 0 Å². The van der Waals surface area contributed by atoms with Crippen molar-refractivity contribution in [3.8, 4) is 0 Å². The van der Waals surface area contributed by atoms with Gasteiger partial charge in [-0.05, 0) is 56.8 Å². The molecule has 0 spiro atoms. The lowest BCUT2D eigenvalue weighted by molar-refractivity contribution is 0.0767. The lowest BCUT2D eigenvalue weighted by atomic mass is 9.90. The summed E-state index contributed by atoms with van der Waals surface area (Å²) in [6, 6.07) is 2.17. The largest absolute Gasteiger partial charge is 0.337 e. The Bertz CT molecular complexity index is 497. The zero-order chi connectivity index (χ0) is 14.1. The number of carbonyl (C=O) groups is 1. The van der Waals surface area contributed by atoms with Crippen LogP contribution in [0, 0.1) is 5.92 Å². The first kappa shape index (κ1) is 14.1. The summed E-state index contributed by atoms with van der Waals surface area (Å²) in [5, 5.41) is 0. The van der Waals surface area contributed by atoms with E-state index in [4.69, 9.17) is 0 Å². The average molecular weight is 292 g/mol. The Morgan fingerprint density at radius 1 is 1.30 bits per heavy atom. The topological polar surface area (TPSA) is 23.6 Å². The summed E-state index contributed by atoms with van der Waals surface area (Å²) in [5.74, 6) is 1.03. The Morgan fingerprint density at radius 3 is 3.00 bits per heavy atom. The summed E-state index contributed by atoms with van der Waals surface area (Å²) in [7, 11) is 2.14. The SMILES string of the molecule is CC1CCc2sc(C(=O)N3CCCN(C)CC3)cc2C1. The maximum absolute atomic E-state index is 12.7. The van der Waals surface area contributed by atoms with E-state index in [9.17, 15) is 4.79 Å². The first-order valence-corrected chi connectivity index (χ1v) is 8.54. The molecule has 110 valence electrons. The zero-order valence-electron chi connectivity index (χ0n) is 12.5. The summed E-state index contributed by atoms with van der Waals surface area (Å²) in [6.07, 6.45) is 4.68. The molecular weight excluding hydrogens is 268 g/mol. The van der Waals surface area contributed by atoms with E-state index in [-0.39, 0.29) is 5.91 Å². The van der Waals surface area contributed by atoms with E-state index >= 15 is 0 Å². The van der Waals surface area contributed by atoms with Crippen LogP contribution in [0.3, 0.4) is 0 Å². The number of thiophene rings is 1. The minimum Gasteiger partial charge on any atom is -0.337 e. The number of nitrogens with zero attached hydrogens (tertiary/aromatic N) is 2. The highest BCUT2D eigenvalue weighted by molar-refractivity contribution is 7.14. The fourth-order valence-corrected chi connectivity index (χ4v) is 4.39. The molecule has 1 saturated heterocycles. The monoisotopic (exact) mass is 292 g/mol. The van der Waals surface area contributed by atoms with E-state index in [1.807, 2.05) is 4.90 Å². The molecule has 1 aliphatic heterocycles. The highest BCUT2D eigenvalue weighted by Gasteiger charge is 2.24. The molecular formula is C16H24N2OS. The van der Waals surface area contributed by atoms with Crippen LogP contribution >= 0.6 is 11.3 Å². The minimum atomic E-state index is 0.257. The lowest BCUT2D eigenvalue weighted by Crippen LogP contribution is -2.34. The van der Waals surface area contributed by atoms with Crippen molar-refractivity contribution in [3.63, 3.8) is 0 Å². The second kappa shape index (κ2) is 5.86. The van der Waals surface area contributed by atoms with Crippen molar-refractivity contribution >= 4 is 17.2 Å². The number of hydrogen-bond acceptors (Lipinski definition) is 3. The molecule has 0 aromatic carbocycles. The van der Waals surface area contributed by atoms with Crippen molar-refractivity contribution in [1.82, 2.24) is 9.80 Å². The van der Waals surface area contributed by atoms with Crippen LogP contribution in [0.2, 0.25) is 0 Å². The summed E-state index contributed by atoms with van der Waals surface area (Å²) in [5.41, 5.74) is 1.43. The second-order valence-electron chi connectivity index (χ2n) is 6.36. The van der Waals surface area contributed by atoms with Gasteiger partial charge in [0, 0.05) is 24.5 Å². The number of aryl methyl sites for hydroxylation is 1. The van der Waals surface area contributed by atoms with Crippen molar-refractivity contribution in [1.29, 1.82) is 0 Å². The maximum atomic E-state index is 12.7. The highest BCUT2D eigenvalue weighted by atomic mass is 32.1. The van der Waals surface area contributed by atoms with Gasteiger partial charge < -0.3 is 9.80 Å². The normalized spacial score (nSPS) is 24.3. The summed E-state index contributed by atoms with van der Waals surface area (Å²) in [6.45, 7) is 6.18. The van der Waals surface area contributed by atoms with E-state index in [0.717, 1.165) is 56.2 Å². The van der Waals surface area contributed by atoms with Gasteiger partial charge in [-0.3, -0.25) is 4.79 Å². The molecule has 0 saturated carbocycles. The molecule has 3 rings (SSSR count). The van der Waals surface area contributed by atoms with Gasteiger partial charge in [0.15, 0.2) is 0 Å². The van der Waals surface area contributed by atoms with Crippen molar-refractivity contribution in [2.24, 2.45) is 5.92 Å². The summed E-state index contributed by atoms with van der Waals surface area (Å²) in [4.78, 5) is 19.5. The summed E-state index contributed by atoms with van der Waals surface area (Å²) >= 11 is 1.74. The predicted molar refractivity (Wildman–Crippen MR) is 83.5 cm³/mol. The first-order valence-electron chi connectivity index (χ1n) is 7.73. The van der Waals surface area contributed by atoms with Crippen LogP contribution < -0.4 is 0 Å². The fraction of sp³-hybridized carbons (Fsp3) is 0.688. The van der Waals surface area contributed by atoms with E-state index < -0.39 is 0 Å². The number of likely N-dealkylation sites (N-methyl/N-ethyl adjacent to an activating group) is 1. The molecule has 2 heterocycles. The Morgan fingerprint density at radius 2 is 2.15 bits per heavy atom. The Balaban J connectivity index is 1.74. The van der Waals surface area contributed by atoms with Crippen LogP contribution in [0.5, 0.6) is 0 Å². The van der Waals surface area contributed by atoms with Crippen molar-refractivity contribution < 1.29 is 4.79 Å². The minimum absolute atomic E-state index is 0.257. The Kier molecular flexibility index (Phi) is 4.13. The van der Waals surface area contributed by atoms with Crippen LogP contribution in [0.25, 0.3) is 0 Å². The molecule has 1 unspecified atom stereocenters.